The van der Waals surface area contributed by atoms with E-state index >= 15 is 0 Å². The van der Waals surface area contributed by atoms with Crippen molar-refractivity contribution in [3.05, 3.63) is 36.2 Å². The van der Waals surface area contributed by atoms with Crippen molar-refractivity contribution in [1.82, 2.24) is 10.3 Å². The van der Waals surface area contributed by atoms with Crippen LogP contribution in [0.15, 0.2) is 34.8 Å². The number of amides is 1. The lowest BCUT2D eigenvalue weighted by atomic mass is 9.86. The van der Waals surface area contributed by atoms with E-state index < -0.39 is 0 Å². The third kappa shape index (κ3) is 3.16. The first-order chi connectivity index (χ1) is 11.3. The molecule has 2 saturated carbocycles. The SMILES string of the molecule is O=C(/C=C/c1nc2ccccc2o1)NCCC1CC2CCC1C2. The van der Waals surface area contributed by atoms with Crippen LogP contribution in [0.1, 0.15) is 38.0 Å². The molecule has 4 nitrogen and oxygen atoms in total. The summed E-state index contributed by atoms with van der Waals surface area (Å²) in [5.74, 6) is 3.12. The number of carbonyl (C=O) groups is 1. The van der Waals surface area contributed by atoms with Crippen molar-refractivity contribution < 1.29 is 9.21 Å². The van der Waals surface area contributed by atoms with Crippen LogP contribution < -0.4 is 5.32 Å². The molecule has 3 atom stereocenters. The molecule has 1 amide bonds. The van der Waals surface area contributed by atoms with Crippen LogP contribution in [-0.2, 0) is 4.79 Å². The molecule has 2 aliphatic rings. The number of aromatic nitrogens is 1. The summed E-state index contributed by atoms with van der Waals surface area (Å²) in [6.45, 7) is 0.768. The highest BCUT2D eigenvalue weighted by atomic mass is 16.3. The summed E-state index contributed by atoms with van der Waals surface area (Å²) in [5, 5.41) is 2.98. The molecule has 1 heterocycles. The molecular weight excluding hydrogens is 288 g/mol. The molecule has 4 rings (SSSR count). The van der Waals surface area contributed by atoms with Gasteiger partial charge in [-0.25, -0.2) is 4.98 Å². The minimum atomic E-state index is -0.0737. The second kappa shape index (κ2) is 6.19. The van der Waals surface area contributed by atoms with E-state index in [1.54, 1.807) is 6.08 Å². The lowest BCUT2D eigenvalue weighted by molar-refractivity contribution is -0.116. The zero-order valence-corrected chi connectivity index (χ0v) is 13.2. The van der Waals surface area contributed by atoms with E-state index in [1.165, 1.54) is 31.8 Å². The molecule has 2 fully saturated rings. The molecule has 3 unspecified atom stereocenters. The quantitative estimate of drug-likeness (QED) is 0.855. The molecule has 2 bridgehead atoms. The Hall–Kier alpha value is -2.10. The zero-order valence-electron chi connectivity index (χ0n) is 13.2. The first-order valence-corrected chi connectivity index (χ1v) is 8.59. The smallest absolute Gasteiger partial charge is 0.244 e. The molecule has 1 aromatic carbocycles. The van der Waals surface area contributed by atoms with Crippen molar-refractivity contribution >= 4 is 23.1 Å². The molecule has 23 heavy (non-hydrogen) atoms. The van der Waals surface area contributed by atoms with Gasteiger partial charge >= 0.3 is 0 Å². The van der Waals surface area contributed by atoms with Gasteiger partial charge in [0.15, 0.2) is 5.58 Å². The fraction of sp³-hybridized carbons (Fsp3) is 0.474. The number of nitrogens with one attached hydrogen (secondary N) is 1. The van der Waals surface area contributed by atoms with Crippen LogP contribution in [0.25, 0.3) is 17.2 Å². The molecule has 2 aromatic rings. The van der Waals surface area contributed by atoms with E-state index in [1.807, 2.05) is 24.3 Å². The van der Waals surface area contributed by atoms with Gasteiger partial charge in [0.25, 0.3) is 0 Å². The molecule has 4 heteroatoms. The fourth-order valence-electron chi connectivity index (χ4n) is 4.28. The summed E-state index contributed by atoms with van der Waals surface area (Å²) in [6.07, 6.45) is 9.89. The largest absolute Gasteiger partial charge is 0.437 e. The molecule has 120 valence electrons. The van der Waals surface area contributed by atoms with Crippen LogP contribution in [0.3, 0.4) is 0 Å². The Balaban J connectivity index is 1.26. The summed E-state index contributed by atoms with van der Waals surface area (Å²) in [7, 11) is 0. The topological polar surface area (TPSA) is 55.1 Å². The highest BCUT2D eigenvalue weighted by molar-refractivity contribution is 5.91. The predicted octanol–water partition coefficient (Wildman–Crippen LogP) is 3.78. The van der Waals surface area contributed by atoms with E-state index in [2.05, 4.69) is 10.3 Å². The standard InChI is InChI=1S/C19H22N2O2/c22-18(20-10-9-15-12-13-5-6-14(15)11-13)7-8-19-21-16-3-1-2-4-17(16)23-19/h1-4,7-8,13-15H,5-6,9-12H2,(H,20,22)/b8-7+. The Morgan fingerprint density at radius 3 is 3.00 bits per heavy atom. The van der Waals surface area contributed by atoms with Gasteiger partial charge in [0.2, 0.25) is 11.8 Å². The van der Waals surface area contributed by atoms with Crippen LogP contribution >= 0.6 is 0 Å². The Morgan fingerprint density at radius 1 is 1.30 bits per heavy atom. The Kier molecular flexibility index (Phi) is 3.90. The van der Waals surface area contributed by atoms with Gasteiger partial charge in [0, 0.05) is 18.7 Å². The highest BCUT2D eigenvalue weighted by Crippen LogP contribution is 2.49. The van der Waals surface area contributed by atoms with Gasteiger partial charge in [-0.2, -0.15) is 0 Å². The van der Waals surface area contributed by atoms with Gasteiger partial charge in [0.1, 0.15) is 5.52 Å². The van der Waals surface area contributed by atoms with Crippen LogP contribution in [0.5, 0.6) is 0 Å². The van der Waals surface area contributed by atoms with E-state index in [9.17, 15) is 4.79 Å². The van der Waals surface area contributed by atoms with Gasteiger partial charge in [-0.15, -0.1) is 0 Å². The Bertz CT molecular complexity index is 701. The van der Waals surface area contributed by atoms with E-state index in [-0.39, 0.29) is 5.91 Å². The van der Waals surface area contributed by atoms with Gasteiger partial charge in [-0.05, 0) is 55.6 Å². The average molecular weight is 310 g/mol. The van der Waals surface area contributed by atoms with Crippen LogP contribution in [0, 0.1) is 17.8 Å². The van der Waals surface area contributed by atoms with Crippen molar-refractivity contribution in [2.75, 3.05) is 6.54 Å². The number of carbonyl (C=O) groups excluding carboxylic acids is 1. The van der Waals surface area contributed by atoms with Crippen LogP contribution in [0.4, 0.5) is 0 Å². The number of para-hydroxylation sites is 2. The normalized spacial score (nSPS) is 26.3. The summed E-state index contributed by atoms with van der Waals surface area (Å²) < 4.78 is 5.56. The summed E-state index contributed by atoms with van der Waals surface area (Å²) in [4.78, 5) is 16.2. The number of hydrogen-bond acceptors (Lipinski definition) is 3. The predicted molar refractivity (Wildman–Crippen MR) is 89.6 cm³/mol. The third-order valence-electron chi connectivity index (χ3n) is 5.39. The average Bonchev–Trinajstić information content (AvgIpc) is 3.27. The van der Waals surface area contributed by atoms with Crippen LogP contribution in [0.2, 0.25) is 0 Å². The van der Waals surface area contributed by atoms with Crippen molar-refractivity contribution in [3.8, 4) is 0 Å². The molecular formula is C19H22N2O2. The minimum Gasteiger partial charge on any atom is -0.437 e. The second-order valence-corrected chi connectivity index (χ2v) is 6.87. The van der Waals surface area contributed by atoms with Gasteiger partial charge in [-0.3, -0.25) is 4.79 Å². The molecule has 0 radical (unpaired) electrons. The van der Waals surface area contributed by atoms with Gasteiger partial charge in [-0.1, -0.05) is 18.6 Å². The Morgan fingerprint density at radius 2 is 2.22 bits per heavy atom. The van der Waals surface area contributed by atoms with Crippen molar-refractivity contribution in [2.45, 2.75) is 32.1 Å². The summed E-state index contributed by atoms with van der Waals surface area (Å²) >= 11 is 0. The summed E-state index contributed by atoms with van der Waals surface area (Å²) in [5.41, 5.74) is 1.55. The first kappa shape index (κ1) is 14.5. The number of hydrogen-bond donors (Lipinski definition) is 1. The number of fused-ring (bicyclic) bond motifs is 3. The zero-order chi connectivity index (χ0) is 15.6. The monoisotopic (exact) mass is 310 g/mol. The lowest BCUT2D eigenvalue weighted by Gasteiger charge is -2.21. The van der Waals surface area contributed by atoms with E-state index in [0.29, 0.717) is 5.89 Å². The van der Waals surface area contributed by atoms with Gasteiger partial charge in [0.05, 0.1) is 0 Å². The molecule has 0 saturated heterocycles. The van der Waals surface area contributed by atoms with E-state index in [4.69, 9.17) is 4.42 Å². The molecule has 1 aromatic heterocycles. The Labute approximate surface area is 136 Å². The molecule has 1 N–H and O–H groups in total. The van der Waals surface area contributed by atoms with Crippen molar-refractivity contribution in [1.29, 1.82) is 0 Å². The van der Waals surface area contributed by atoms with Crippen molar-refractivity contribution in [3.63, 3.8) is 0 Å². The van der Waals surface area contributed by atoms with Crippen LogP contribution in [-0.4, -0.2) is 17.4 Å². The maximum Gasteiger partial charge on any atom is 0.244 e. The molecule has 2 aliphatic carbocycles. The third-order valence-corrected chi connectivity index (χ3v) is 5.39. The van der Waals surface area contributed by atoms with E-state index in [0.717, 1.165) is 41.8 Å². The molecule has 0 aliphatic heterocycles. The summed E-state index contributed by atoms with van der Waals surface area (Å²) in [6, 6.07) is 7.59. The minimum absolute atomic E-state index is 0.0737. The number of benzene rings is 1. The number of rotatable bonds is 5. The fourth-order valence-corrected chi connectivity index (χ4v) is 4.28. The lowest BCUT2D eigenvalue weighted by Crippen LogP contribution is -2.25. The second-order valence-electron chi connectivity index (χ2n) is 6.87. The number of nitrogens with zero attached hydrogens (tertiary/aromatic N) is 1. The number of oxazole rings is 1. The van der Waals surface area contributed by atoms with Crippen molar-refractivity contribution in [2.24, 2.45) is 17.8 Å². The molecule has 0 spiro atoms. The van der Waals surface area contributed by atoms with Gasteiger partial charge < -0.3 is 9.73 Å². The maximum atomic E-state index is 11.9. The highest BCUT2D eigenvalue weighted by Gasteiger charge is 2.38. The maximum absolute atomic E-state index is 11.9. The first-order valence-electron chi connectivity index (χ1n) is 8.59.